The zero-order valence-corrected chi connectivity index (χ0v) is 12.8. The van der Waals surface area contributed by atoms with Gasteiger partial charge in [0.1, 0.15) is 4.88 Å². The summed E-state index contributed by atoms with van der Waals surface area (Å²) in [6, 6.07) is 0. The molecular formula is C12H22ClN3OS. The smallest absolute Gasteiger partial charge is 0.263 e. The number of halogens is 1. The molecule has 0 spiro atoms. The third kappa shape index (κ3) is 5.33. The van der Waals surface area contributed by atoms with Crippen molar-refractivity contribution >= 4 is 29.7 Å². The molecule has 0 aliphatic heterocycles. The van der Waals surface area contributed by atoms with Crippen molar-refractivity contribution in [2.45, 2.75) is 33.6 Å². The summed E-state index contributed by atoms with van der Waals surface area (Å²) in [4.78, 5) is 17.0. The van der Waals surface area contributed by atoms with E-state index in [4.69, 9.17) is 0 Å². The van der Waals surface area contributed by atoms with Crippen LogP contribution >= 0.6 is 23.7 Å². The quantitative estimate of drug-likeness (QED) is 0.757. The zero-order chi connectivity index (χ0) is 12.7. The molecule has 0 fully saturated rings. The van der Waals surface area contributed by atoms with E-state index < -0.39 is 0 Å². The van der Waals surface area contributed by atoms with Crippen LogP contribution in [0.15, 0.2) is 0 Å². The molecule has 1 amide bonds. The topological polar surface area (TPSA) is 54.0 Å². The molecule has 0 aromatic carbocycles. The van der Waals surface area contributed by atoms with E-state index in [0.29, 0.717) is 6.54 Å². The molecule has 0 bridgehead atoms. The van der Waals surface area contributed by atoms with Crippen LogP contribution in [0.2, 0.25) is 0 Å². The normalized spacial score (nSPS) is 9.94. The lowest BCUT2D eigenvalue weighted by atomic mass is 10.3. The Balaban J connectivity index is 0.00000289. The first kappa shape index (κ1) is 17.4. The maximum Gasteiger partial charge on any atom is 0.263 e. The monoisotopic (exact) mass is 291 g/mol. The second kappa shape index (κ2) is 9.30. The number of carbonyl (C=O) groups excluding carboxylic acids is 1. The van der Waals surface area contributed by atoms with E-state index in [-0.39, 0.29) is 18.3 Å². The largest absolute Gasteiger partial charge is 0.350 e. The molecule has 18 heavy (non-hydrogen) atoms. The van der Waals surface area contributed by atoms with Crippen LogP contribution in [0, 0.1) is 6.92 Å². The molecule has 0 aliphatic rings. The van der Waals surface area contributed by atoms with Crippen LogP contribution in [0.4, 0.5) is 0 Å². The first-order chi connectivity index (χ1) is 8.19. The van der Waals surface area contributed by atoms with Gasteiger partial charge in [-0.3, -0.25) is 4.79 Å². The summed E-state index contributed by atoms with van der Waals surface area (Å²) in [6.07, 6.45) is 2.00. The molecule has 1 heterocycles. The minimum Gasteiger partial charge on any atom is -0.350 e. The maximum atomic E-state index is 11.9. The highest BCUT2D eigenvalue weighted by molar-refractivity contribution is 7.13. The van der Waals surface area contributed by atoms with Crippen molar-refractivity contribution in [3.63, 3.8) is 0 Å². The van der Waals surface area contributed by atoms with E-state index in [1.165, 1.54) is 11.3 Å². The van der Waals surface area contributed by atoms with Crippen LogP contribution < -0.4 is 10.6 Å². The molecule has 6 heteroatoms. The number of thiazole rings is 1. The van der Waals surface area contributed by atoms with Crippen LogP contribution in [0.25, 0.3) is 0 Å². The number of hydrogen-bond donors (Lipinski definition) is 2. The Morgan fingerprint density at radius 2 is 2.00 bits per heavy atom. The van der Waals surface area contributed by atoms with Gasteiger partial charge in [0.2, 0.25) is 0 Å². The summed E-state index contributed by atoms with van der Waals surface area (Å²) in [6.45, 7) is 8.54. The second-order valence-corrected chi connectivity index (χ2v) is 4.97. The fourth-order valence-electron chi connectivity index (χ4n) is 1.46. The maximum absolute atomic E-state index is 11.9. The predicted molar refractivity (Wildman–Crippen MR) is 79.0 cm³/mol. The molecule has 0 atom stereocenters. The average molecular weight is 292 g/mol. The lowest BCUT2D eigenvalue weighted by molar-refractivity contribution is 0.0957. The fourth-order valence-corrected chi connectivity index (χ4v) is 2.38. The molecule has 104 valence electrons. The van der Waals surface area contributed by atoms with Crippen molar-refractivity contribution < 1.29 is 4.79 Å². The van der Waals surface area contributed by atoms with E-state index in [2.05, 4.69) is 29.5 Å². The van der Waals surface area contributed by atoms with Crippen molar-refractivity contribution in [3.8, 4) is 0 Å². The van der Waals surface area contributed by atoms with E-state index in [9.17, 15) is 4.79 Å². The number of hydrogen-bond acceptors (Lipinski definition) is 4. The predicted octanol–water partition coefficient (Wildman–Crippen LogP) is 2.17. The highest BCUT2D eigenvalue weighted by atomic mass is 35.5. The molecule has 0 radical (unpaired) electrons. The second-order valence-electron chi connectivity index (χ2n) is 3.88. The number of carbonyl (C=O) groups is 1. The van der Waals surface area contributed by atoms with Crippen LogP contribution in [-0.2, 0) is 6.42 Å². The fraction of sp³-hybridized carbons (Fsp3) is 0.667. The summed E-state index contributed by atoms with van der Waals surface area (Å²) in [5.41, 5.74) is 0.839. The molecule has 1 aromatic rings. The van der Waals surface area contributed by atoms with Gasteiger partial charge >= 0.3 is 0 Å². The first-order valence-electron chi connectivity index (χ1n) is 6.14. The molecule has 0 unspecified atom stereocenters. The van der Waals surface area contributed by atoms with Gasteiger partial charge in [0.25, 0.3) is 5.91 Å². The van der Waals surface area contributed by atoms with Gasteiger partial charge in [-0.05, 0) is 26.3 Å². The number of aryl methyl sites for hydroxylation is 2. The SMILES string of the molecule is CCCNCCNC(=O)c1sc(CC)nc1C.Cl. The van der Waals surface area contributed by atoms with Crippen molar-refractivity contribution in [1.82, 2.24) is 15.6 Å². The summed E-state index contributed by atoms with van der Waals surface area (Å²) >= 11 is 1.49. The molecule has 0 aliphatic carbocycles. The highest BCUT2D eigenvalue weighted by Gasteiger charge is 2.13. The lowest BCUT2D eigenvalue weighted by Gasteiger charge is -2.04. The van der Waals surface area contributed by atoms with Crippen molar-refractivity contribution in [1.29, 1.82) is 0 Å². The van der Waals surface area contributed by atoms with Crippen LogP contribution in [0.3, 0.4) is 0 Å². The Bertz CT molecular complexity index is 368. The Hall–Kier alpha value is -0.650. The molecule has 0 saturated carbocycles. The molecule has 0 saturated heterocycles. The van der Waals surface area contributed by atoms with Gasteiger partial charge in [-0.2, -0.15) is 0 Å². The number of aromatic nitrogens is 1. The third-order valence-electron chi connectivity index (χ3n) is 2.36. The van der Waals surface area contributed by atoms with Gasteiger partial charge in [0.15, 0.2) is 0 Å². The van der Waals surface area contributed by atoms with E-state index in [0.717, 1.165) is 41.5 Å². The zero-order valence-electron chi connectivity index (χ0n) is 11.2. The standard InChI is InChI=1S/C12H21N3OS.ClH/c1-4-6-13-7-8-14-12(16)11-9(3)15-10(5-2)17-11;/h13H,4-8H2,1-3H3,(H,14,16);1H. The molecular weight excluding hydrogens is 270 g/mol. The average Bonchev–Trinajstić information content (AvgIpc) is 2.70. The summed E-state index contributed by atoms with van der Waals surface area (Å²) in [7, 11) is 0. The van der Waals surface area contributed by atoms with Gasteiger partial charge in [0, 0.05) is 13.1 Å². The van der Waals surface area contributed by atoms with Gasteiger partial charge < -0.3 is 10.6 Å². The number of amides is 1. The van der Waals surface area contributed by atoms with Gasteiger partial charge in [-0.15, -0.1) is 23.7 Å². The molecule has 2 N–H and O–H groups in total. The summed E-state index contributed by atoms with van der Waals surface area (Å²) in [5, 5.41) is 7.18. The number of nitrogens with zero attached hydrogens (tertiary/aromatic N) is 1. The van der Waals surface area contributed by atoms with E-state index in [1.807, 2.05) is 6.92 Å². The van der Waals surface area contributed by atoms with Gasteiger partial charge in [0.05, 0.1) is 10.7 Å². The molecule has 4 nitrogen and oxygen atoms in total. The van der Waals surface area contributed by atoms with Crippen molar-refractivity contribution in [2.75, 3.05) is 19.6 Å². The van der Waals surface area contributed by atoms with Crippen molar-refractivity contribution in [3.05, 3.63) is 15.6 Å². The summed E-state index contributed by atoms with van der Waals surface area (Å²) < 4.78 is 0. The lowest BCUT2D eigenvalue weighted by Crippen LogP contribution is -2.32. The Kier molecular flexibility index (Phi) is 8.97. The van der Waals surface area contributed by atoms with Gasteiger partial charge in [-0.25, -0.2) is 4.98 Å². The van der Waals surface area contributed by atoms with Crippen LogP contribution in [0.5, 0.6) is 0 Å². The van der Waals surface area contributed by atoms with Crippen LogP contribution in [-0.4, -0.2) is 30.5 Å². The Morgan fingerprint density at radius 3 is 2.56 bits per heavy atom. The Morgan fingerprint density at radius 1 is 1.28 bits per heavy atom. The molecule has 1 rings (SSSR count). The minimum absolute atomic E-state index is 0. The highest BCUT2D eigenvalue weighted by Crippen LogP contribution is 2.17. The van der Waals surface area contributed by atoms with Gasteiger partial charge in [-0.1, -0.05) is 13.8 Å². The van der Waals surface area contributed by atoms with Crippen molar-refractivity contribution in [2.24, 2.45) is 0 Å². The number of nitrogens with one attached hydrogen (secondary N) is 2. The first-order valence-corrected chi connectivity index (χ1v) is 6.95. The van der Waals surface area contributed by atoms with E-state index >= 15 is 0 Å². The third-order valence-corrected chi connectivity index (χ3v) is 3.66. The summed E-state index contributed by atoms with van der Waals surface area (Å²) in [5.74, 6) is -0.00185. The Labute approximate surface area is 119 Å². The van der Waals surface area contributed by atoms with Crippen LogP contribution in [0.1, 0.15) is 40.6 Å². The van der Waals surface area contributed by atoms with E-state index in [1.54, 1.807) is 0 Å². The minimum atomic E-state index is -0.00185. The molecule has 1 aromatic heterocycles. The number of rotatable bonds is 7.